The van der Waals surface area contributed by atoms with Crippen molar-refractivity contribution in [3.63, 3.8) is 0 Å². The van der Waals surface area contributed by atoms with Gasteiger partial charge in [0, 0.05) is 18.1 Å². The third kappa shape index (κ3) is 1.96. The van der Waals surface area contributed by atoms with E-state index in [9.17, 15) is 0 Å². The van der Waals surface area contributed by atoms with Crippen molar-refractivity contribution < 1.29 is 0 Å². The van der Waals surface area contributed by atoms with Gasteiger partial charge in [-0.15, -0.1) is 0 Å². The summed E-state index contributed by atoms with van der Waals surface area (Å²) >= 11 is 0. The van der Waals surface area contributed by atoms with Crippen LogP contribution in [0.25, 0.3) is 0 Å². The molecule has 2 heteroatoms. The van der Waals surface area contributed by atoms with Gasteiger partial charge in [-0.1, -0.05) is 13.8 Å². The van der Waals surface area contributed by atoms with Crippen molar-refractivity contribution in [3.8, 4) is 0 Å². The van der Waals surface area contributed by atoms with Gasteiger partial charge in [-0.05, 0) is 44.6 Å². The molecule has 2 unspecified atom stereocenters. The molecule has 2 atom stereocenters. The van der Waals surface area contributed by atoms with Crippen LogP contribution in [-0.4, -0.2) is 24.7 Å². The SMILES string of the molecule is CCC1(NCC2NCCC2C)CCC1. The molecule has 82 valence electrons. The Morgan fingerprint density at radius 3 is 2.64 bits per heavy atom. The molecule has 1 saturated carbocycles. The first kappa shape index (κ1) is 10.4. The van der Waals surface area contributed by atoms with Crippen LogP contribution in [-0.2, 0) is 0 Å². The van der Waals surface area contributed by atoms with E-state index in [2.05, 4.69) is 24.5 Å². The van der Waals surface area contributed by atoms with Crippen LogP contribution in [0, 0.1) is 5.92 Å². The minimum Gasteiger partial charge on any atom is -0.312 e. The molecule has 1 aliphatic carbocycles. The van der Waals surface area contributed by atoms with Crippen LogP contribution < -0.4 is 10.6 Å². The van der Waals surface area contributed by atoms with Crippen molar-refractivity contribution >= 4 is 0 Å². The third-order valence-electron chi connectivity index (χ3n) is 4.38. The first-order chi connectivity index (χ1) is 6.76. The Morgan fingerprint density at radius 1 is 1.43 bits per heavy atom. The average molecular weight is 196 g/mol. The molecule has 2 rings (SSSR count). The van der Waals surface area contributed by atoms with Gasteiger partial charge in [-0.2, -0.15) is 0 Å². The van der Waals surface area contributed by atoms with Gasteiger partial charge in [0.05, 0.1) is 0 Å². The highest BCUT2D eigenvalue weighted by atomic mass is 15.1. The first-order valence-electron chi connectivity index (χ1n) is 6.24. The van der Waals surface area contributed by atoms with E-state index < -0.39 is 0 Å². The molecule has 0 amide bonds. The summed E-state index contributed by atoms with van der Waals surface area (Å²) in [5, 5.41) is 7.38. The smallest absolute Gasteiger partial charge is 0.0218 e. The van der Waals surface area contributed by atoms with Gasteiger partial charge in [0.2, 0.25) is 0 Å². The summed E-state index contributed by atoms with van der Waals surface area (Å²) in [6, 6.07) is 0.721. The summed E-state index contributed by atoms with van der Waals surface area (Å²) in [4.78, 5) is 0. The minimum absolute atomic E-state index is 0.518. The predicted octanol–water partition coefficient (Wildman–Crippen LogP) is 1.91. The summed E-state index contributed by atoms with van der Waals surface area (Å²) in [6.45, 7) is 7.07. The lowest BCUT2D eigenvalue weighted by atomic mass is 9.74. The van der Waals surface area contributed by atoms with Gasteiger partial charge in [-0.3, -0.25) is 0 Å². The summed E-state index contributed by atoms with van der Waals surface area (Å²) in [6.07, 6.45) is 6.86. The molecule has 0 radical (unpaired) electrons. The molecule has 1 saturated heterocycles. The zero-order chi connectivity index (χ0) is 10.0. The van der Waals surface area contributed by atoms with Crippen molar-refractivity contribution in [1.82, 2.24) is 10.6 Å². The predicted molar refractivity (Wildman–Crippen MR) is 60.4 cm³/mol. The Morgan fingerprint density at radius 2 is 2.21 bits per heavy atom. The highest BCUT2D eigenvalue weighted by Gasteiger charge is 2.35. The molecule has 2 fully saturated rings. The van der Waals surface area contributed by atoms with Gasteiger partial charge in [-0.25, -0.2) is 0 Å². The normalized spacial score (nSPS) is 35.6. The lowest BCUT2D eigenvalue weighted by Gasteiger charge is -2.43. The monoisotopic (exact) mass is 196 g/mol. The second-order valence-electron chi connectivity index (χ2n) is 5.19. The van der Waals surface area contributed by atoms with Crippen molar-refractivity contribution in [3.05, 3.63) is 0 Å². The molecular weight excluding hydrogens is 172 g/mol. The van der Waals surface area contributed by atoms with Gasteiger partial charge in [0.1, 0.15) is 0 Å². The molecule has 2 nitrogen and oxygen atoms in total. The molecule has 0 aromatic heterocycles. The zero-order valence-corrected chi connectivity index (χ0v) is 9.60. The molecule has 1 heterocycles. The molecule has 14 heavy (non-hydrogen) atoms. The first-order valence-corrected chi connectivity index (χ1v) is 6.24. The van der Waals surface area contributed by atoms with Crippen LogP contribution >= 0.6 is 0 Å². The van der Waals surface area contributed by atoms with E-state index in [1.165, 1.54) is 45.2 Å². The number of nitrogens with one attached hydrogen (secondary N) is 2. The van der Waals surface area contributed by atoms with Crippen molar-refractivity contribution in [2.24, 2.45) is 5.92 Å². The lowest BCUT2D eigenvalue weighted by molar-refractivity contribution is 0.170. The quantitative estimate of drug-likeness (QED) is 0.717. The van der Waals surface area contributed by atoms with E-state index in [0.29, 0.717) is 5.54 Å². The lowest BCUT2D eigenvalue weighted by Crippen LogP contribution is -2.54. The Labute approximate surface area is 87.8 Å². The zero-order valence-electron chi connectivity index (χ0n) is 9.60. The van der Waals surface area contributed by atoms with Crippen LogP contribution in [0.1, 0.15) is 46.0 Å². The van der Waals surface area contributed by atoms with Crippen LogP contribution in [0.4, 0.5) is 0 Å². The minimum atomic E-state index is 0.518. The molecule has 2 aliphatic rings. The largest absolute Gasteiger partial charge is 0.312 e. The fourth-order valence-electron chi connectivity index (χ4n) is 2.76. The second kappa shape index (κ2) is 4.19. The summed E-state index contributed by atoms with van der Waals surface area (Å²) in [7, 11) is 0. The maximum Gasteiger partial charge on any atom is 0.0218 e. The van der Waals surface area contributed by atoms with Crippen molar-refractivity contribution in [1.29, 1.82) is 0 Å². The van der Waals surface area contributed by atoms with E-state index in [-0.39, 0.29) is 0 Å². The van der Waals surface area contributed by atoms with E-state index in [4.69, 9.17) is 0 Å². The van der Waals surface area contributed by atoms with Gasteiger partial charge in [0.25, 0.3) is 0 Å². The van der Waals surface area contributed by atoms with Crippen molar-refractivity contribution in [2.75, 3.05) is 13.1 Å². The standard InChI is InChI=1S/C12H24N2/c1-3-12(6-4-7-12)14-9-11-10(2)5-8-13-11/h10-11,13-14H,3-9H2,1-2H3. The van der Waals surface area contributed by atoms with Crippen LogP contribution in [0.2, 0.25) is 0 Å². The van der Waals surface area contributed by atoms with Crippen LogP contribution in [0.15, 0.2) is 0 Å². The third-order valence-corrected chi connectivity index (χ3v) is 4.38. The Hall–Kier alpha value is -0.0800. The molecule has 0 aromatic rings. The van der Waals surface area contributed by atoms with E-state index in [1.54, 1.807) is 0 Å². The molecule has 1 aliphatic heterocycles. The van der Waals surface area contributed by atoms with Crippen LogP contribution in [0.3, 0.4) is 0 Å². The molecule has 0 aromatic carbocycles. The van der Waals surface area contributed by atoms with Gasteiger partial charge < -0.3 is 10.6 Å². The molecule has 0 bridgehead atoms. The maximum atomic E-state index is 3.79. The fourth-order valence-corrected chi connectivity index (χ4v) is 2.76. The average Bonchev–Trinajstić information content (AvgIpc) is 2.51. The highest BCUT2D eigenvalue weighted by molar-refractivity contribution is 4.96. The molecule has 0 spiro atoms. The summed E-state index contributed by atoms with van der Waals surface area (Å²) < 4.78 is 0. The molecular formula is C12H24N2. The van der Waals surface area contributed by atoms with Gasteiger partial charge in [0.15, 0.2) is 0 Å². The topological polar surface area (TPSA) is 24.1 Å². The van der Waals surface area contributed by atoms with E-state index in [0.717, 1.165) is 12.0 Å². The number of rotatable bonds is 4. The van der Waals surface area contributed by atoms with Crippen molar-refractivity contribution in [2.45, 2.75) is 57.5 Å². The Bertz CT molecular complexity index is 181. The number of hydrogen-bond donors (Lipinski definition) is 2. The summed E-state index contributed by atoms with van der Waals surface area (Å²) in [5.41, 5.74) is 0.518. The Kier molecular flexibility index (Phi) is 3.13. The maximum absolute atomic E-state index is 3.79. The highest BCUT2D eigenvalue weighted by Crippen LogP contribution is 2.34. The fraction of sp³-hybridized carbons (Fsp3) is 1.00. The summed E-state index contributed by atoms with van der Waals surface area (Å²) in [5.74, 6) is 0.858. The van der Waals surface area contributed by atoms with Crippen LogP contribution in [0.5, 0.6) is 0 Å². The van der Waals surface area contributed by atoms with Gasteiger partial charge >= 0.3 is 0 Å². The Balaban J connectivity index is 1.75. The number of hydrogen-bond acceptors (Lipinski definition) is 2. The van der Waals surface area contributed by atoms with E-state index in [1.807, 2.05) is 0 Å². The second-order valence-corrected chi connectivity index (χ2v) is 5.19. The van der Waals surface area contributed by atoms with E-state index >= 15 is 0 Å². The molecule has 2 N–H and O–H groups in total.